The van der Waals surface area contributed by atoms with Gasteiger partial charge in [0.15, 0.2) is 5.82 Å². The van der Waals surface area contributed by atoms with Gasteiger partial charge in [-0.15, -0.1) is 11.3 Å². The van der Waals surface area contributed by atoms with Crippen molar-refractivity contribution < 1.29 is 4.79 Å². The van der Waals surface area contributed by atoms with Crippen molar-refractivity contribution in [2.24, 2.45) is 0 Å². The summed E-state index contributed by atoms with van der Waals surface area (Å²) in [5.74, 6) is 0.132. The Hall–Kier alpha value is -2.38. The summed E-state index contributed by atoms with van der Waals surface area (Å²) in [6.07, 6.45) is 0. The minimum absolute atomic E-state index is 0.275. The summed E-state index contributed by atoms with van der Waals surface area (Å²) in [5, 5.41) is 11.1. The van der Waals surface area contributed by atoms with E-state index in [0.29, 0.717) is 27.0 Å². The summed E-state index contributed by atoms with van der Waals surface area (Å²) in [7, 11) is 0. The smallest absolute Gasteiger partial charge is 0.321 e. The van der Waals surface area contributed by atoms with Crippen molar-refractivity contribution >= 4 is 34.5 Å². The summed E-state index contributed by atoms with van der Waals surface area (Å²) in [4.78, 5) is 26.2. The molecule has 2 heterocycles. The number of hydrogen-bond acceptors (Lipinski definition) is 4. The van der Waals surface area contributed by atoms with Crippen LogP contribution < -0.4 is 11.0 Å². The second kappa shape index (κ2) is 5.55. The molecule has 2 aromatic heterocycles. The Bertz CT molecular complexity index is 851. The van der Waals surface area contributed by atoms with E-state index in [1.54, 1.807) is 35.7 Å². The fourth-order valence-corrected chi connectivity index (χ4v) is 2.83. The molecule has 8 heteroatoms. The van der Waals surface area contributed by atoms with Gasteiger partial charge in [-0.3, -0.25) is 9.78 Å². The zero-order valence-electron chi connectivity index (χ0n) is 10.5. The Balaban J connectivity index is 1.85. The van der Waals surface area contributed by atoms with Gasteiger partial charge in [0.1, 0.15) is 4.88 Å². The summed E-state index contributed by atoms with van der Waals surface area (Å²) in [5.41, 5.74) is 0.888. The van der Waals surface area contributed by atoms with E-state index in [1.807, 2.05) is 0 Å². The van der Waals surface area contributed by atoms with E-state index in [0.717, 1.165) is 0 Å². The number of aromatic nitrogens is 3. The fourth-order valence-electron chi connectivity index (χ4n) is 1.79. The van der Waals surface area contributed by atoms with E-state index in [4.69, 9.17) is 11.6 Å². The second-order valence-corrected chi connectivity index (χ2v) is 5.48. The number of aromatic amines is 2. The first-order valence-electron chi connectivity index (χ1n) is 5.93. The molecule has 0 fully saturated rings. The first-order valence-corrected chi connectivity index (χ1v) is 7.19. The zero-order chi connectivity index (χ0) is 14.8. The molecule has 6 nitrogen and oxygen atoms in total. The van der Waals surface area contributed by atoms with E-state index in [1.165, 1.54) is 11.3 Å². The van der Waals surface area contributed by atoms with Gasteiger partial charge in [0, 0.05) is 11.3 Å². The number of thiophene rings is 1. The average Bonchev–Trinajstić information content (AvgIpc) is 3.08. The molecule has 1 aromatic carbocycles. The maximum atomic E-state index is 12.1. The summed E-state index contributed by atoms with van der Waals surface area (Å²) in [6, 6.07) is 8.67. The monoisotopic (exact) mass is 320 g/mol. The van der Waals surface area contributed by atoms with E-state index >= 15 is 0 Å². The number of benzene rings is 1. The second-order valence-electron chi connectivity index (χ2n) is 4.16. The van der Waals surface area contributed by atoms with Crippen LogP contribution in [0.1, 0.15) is 9.67 Å². The van der Waals surface area contributed by atoms with Crippen molar-refractivity contribution in [2.45, 2.75) is 0 Å². The van der Waals surface area contributed by atoms with Gasteiger partial charge in [-0.05, 0) is 23.6 Å². The van der Waals surface area contributed by atoms with E-state index in [2.05, 4.69) is 20.5 Å². The summed E-state index contributed by atoms with van der Waals surface area (Å²) in [6.45, 7) is 0. The Labute approximate surface area is 127 Å². The molecule has 0 saturated carbocycles. The van der Waals surface area contributed by atoms with Gasteiger partial charge >= 0.3 is 5.69 Å². The van der Waals surface area contributed by atoms with Crippen LogP contribution in [0.4, 0.5) is 5.69 Å². The van der Waals surface area contributed by atoms with Crippen molar-refractivity contribution in [1.82, 2.24) is 15.2 Å². The SMILES string of the molecule is O=C(Nc1cccc(-c2n[nH]c(=O)[nH]2)c1)c1sccc1Cl. The van der Waals surface area contributed by atoms with Gasteiger partial charge < -0.3 is 5.32 Å². The Morgan fingerprint density at radius 3 is 2.86 bits per heavy atom. The normalized spacial score (nSPS) is 10.5. The van der Waals surface area contributed by atoms with E-state index in [-0.39, 0.29) is 11.6 Å². The maximum Gasteiger partial charge on any atom is 0.340 e. The Morgan fingerprint density at radius 1 is 1.33 bits per heavy atom. The molecule has 3 N–H and O–H groups in total. The van der Waals surface area contributed by atoms with Gasteiger partial charge in [0.2, 0.25) is 0 Å². The van der Waals surface area contributed by atoms with Crippen molar-refractivity contribution in [3.05, 3.63) is 56.1 Å². The molecule has 0 saturated heterocycles. The first kappa shape index (κ1) is 13.6. The van der Waals surface area contributed by atoms with Crippen LogP contribution in [0.15, 0.2) is 40.5 Å². The molecule has 3 aromatic rings. The predicted octanol–water partition coefficient (Wildman–Crippen LogP) is 2.73. The number of nitrogens with zero attached hydrogens (tertiary/aromatic N) is 1. The fraction of sp³-hybridized carbons (Fsp3) is 0. The van der Waals surface area contributed by atoms with Crippen LogP contribution >= 0.6 is 22.9 Å². The number of nitrogens with one attached hydrogen (secondary N) is 3. The molecule has 0 spiro atoms. The molecule has 0 aliphatic heterocycles. The molecule has 0 aliphatic carbocycles. The molecule has 1 amide bonds. The Kier molecular flexibility index (Phi) is 3.59. The van der Waals surface area contributed by atoms with Crippen LogP contribution in [0.3, 0.4) is 0 Å². The largest absolute Gasteiger partial charge is 0.340 e. The lowest BCUT2D eigenvalue weighted by Gasteiger charge is -2.05. The number of rotatable bonds is 3. The zero-order valence-corrected chi connectivity index (χ0v) is 12.1. The highest BCUT2D eigenvalue weighted by Crippen LogP contribution is 2.24. The maximum absolute atomic E-state index is 12.1. The highest BCUT2D eigenvalue weighted by molar-refractivity contribution is 7.12. The van der Waals surface area contributed by atoms with Crippen LogP contribution in [-0.2, 0) is 0 Å². The van der Waals surface area contributed by atoms with Crippen LogP contribution in [0.2, 0.25) is 5.02 Å². The predicted molar refractivity (Wildman–Crippen MR) is 81.9 cm³/mol. The third-order valence-corrected chi connectivity index (χ3v) is 4.06. The highest BCUT2D eigenvalue weighted by Gasteiger charge is 2.12. The quantitative estimate of drug-likeness (QED) is 0.693. The molecule has 3 rings (SSSR count). The topological polar surface area (TPSA) is 90.6 Å². The number of carbonyl (C=O) groups is 1. The van der Waals surface area contributed by atoms with Crippen molar-refractivity contribution in [3.8, 4) is 11.4 Å². The number of carbonyl (C=O) groups excluding carboxylic acids is 1. The first-order chi connectivity index (χ1) is 10.1. The molecular weight excluding hydrogens is 312 g/mol. The van der Waals surface area contributed by atoms with Crippen LogP contribution in [0, 0.1) is 0 Å². The summed E-state index contributed by atoms with van der Waals surface area (Å²) >= 11 is 7.20. The Morgan fingerprint density at radius 2 is 2.19 bits per heavy atom. The number of amides is 1. The number of anilines is 1. The van der Waals surface area contributed by atoms with Crippen LogP contribution in [0.5, 0.6) is 0 Å². The summed E-state index contributed by atoms with van der Waals surface area (Å²) < 4.78 is 0. The number of H-pyrrole nitrogens is 2. The van der Waals surface area contributed by atoms with E-state index < -0.39 is 0 Å². The van der Waals surface area contributed by atoms with Gasteiger partial charge in [-0.2, -0.15) is 5.10 Å². The minimum atomic E-state index is -0.384. The molecule has 0 radical (unpaired) electrons. The molecule has 0 aliphatic rings. The molecule has 0 atom stereocenters. The van der Waals surface area contributed by atoms with E-state index in [9.17, 15) is 9.59 Å². The standard InChI is InChI=1S/C13H9ClN4O2S/c14-9-4-5-21-10(9)12(19)15-8-3-1-2-7(6-8)11-16-13(20)18-17-11/h1-6H,(H,15,19)(H2,16,17,18,20). The lowest BCUT2D eigenvalue weighted by atomic mass is 10.2. The molecule has 0 unspecified atom stereocenters. The molecule has 106 valence electrons. The molecule has 21 heavy (non-hydrogen) atoms. The van der Waals surface area contributed by atoms with Gasteiger partial charge in [-0.1, -0.05) is 23.7 Å². The van der Waals surface area contributed by atoms with Crippen molar-refractivity contribution in [2.75, 3.05) is 5.32 Å². The lowest BCUT2D eigenvalue weighted by Crippen LogP contribution is -2.10. The molecule has 0 bridgehead atoms. The van der Waals surface area contributed by atoms with Gasteiger partial charge in [0.05, 0.1) is 5.02 Å². The van der Waals surface area contributed by atoms with Crippen LogP contribution in [0.25, 0.3) is 11.4 Å². The average molecular weight is 321 g/mol. The minimum Gasteiger partial charge on any atom is -0.321 e. The number of halogens is 1. The van der Waals surface area contributed by atoms with Crippen LogP contribution in [-0.4, -0.2) is 21.1 Å². The van der Waals surface area contributed by atoms with Gasteiger partial charge in [0.25, 0.3) is 5.91 Å². The highest BCUT2D eigenvalue weighted by atomic mass is 35.5. The van der Waals surface area contributed by atoms with Crippen molar-refractivity contribution in [1.29, 1.82) is 0 Å². The number of hydrogen-bond donors (Lipinski definition) is 3. The third-order valence-electron chi connectivity index (χ3n) is 2.72. The molecular formula is C13H9ClN4O2S. The third kappa shape index (κ3) is 2.88. The van der Waals surface area contributed by atoms with Gasteiger partial charge in [-0.25, -0.2) is 9.89 Å². The van der Waals surface area contributed by atoms with Crippen molar-refractivity contribution in [3.63, 3.8) is 0 Å². The lowest BCUT2D eigenvalue weighted by molar-refractivity contribution is 0.103.